The molecule has 5 heteroatoms. The molecule has 0 bridgehead atoms. The van der Waals surface area contributed by atoms with Gasteiger partial charge in [-0.25, -0.2) is 4.99 Å². The number of nitrogens with two attached hydrogens (primary N) is 1. The Bertz CT molecular complexity index is 429. The molecule has 0 saturated carbocycles. The topological polar surface area (TPSA) is 59.6 Å². The fraction of sp³-hybridized carbons (Fsp3) is 0.400. The second-order valence-corrected chi connectivity index (χ2v) is 4.47. The van der Waals surface area contributed by atoms with Crippen LogP contribution in [0.1, 0.15) is 25.0 Å². The predicted molar refractivity (Wildman–Crippen MR) is 95.3 cm³/mol. The zero-order chi connectivity index (χ0) is 14.1. The summed E-state index contributed by atoms with van der Waals surface area (Å²) in [6.07, 6.45) is 0. The van der Waals surface area contributed by atoms with Crippen molar-refractivity contribution >= 4 is 29.9 Å². The van der Waals surface area contributed by atoms with Gasteiger partial charge < -0.3 is 15.8 Å². The van der Waals surface area contributed by atoms with Gasteiger partial charge in [0.05, 0.1) is 13.2 Å². The lowest BCUT2D eigenvalue weighted by atomic mass is 10.1. The maximum absolute atomic E-state index is 5.74. The highest BCUT2D eigenvalue weighted by Crippen LogP contribution is 2.06. The maximum atomic E-state index is 5.74. The average Bonchev–Trinajstić information content (AvgIpc) is 2.41. The Hall–Kier alpha value is -1.08. The van der Waals surface area contributed by atoms with E-state index in [1.807, 2.05) is 26.0 Å². The van der Waals surface area contributed by atoms with Gasteiger partial charge in [-0.05, 0) is 25.0 Å². The Morgan fingerprint density at radius 3 is 2.45 bits per heavy atom. The quantitative estimate of drug-likeness (QED) is 0.326. The molecule has 1 rings (SSSR count). The number of nitrogens with zero attached hydrogens (tertiary/aromatic N) is 1. The first-order valence-corrected chi connectivity index (χ1v) is 6.45. The molecular formula is C15H24IN3O. The SMILES string of the molecule is C=C(C)CNC(N)=NCc1ccc(COCC)cc1.I. The average molecular weight is 389 g/mol. The number of nitrogens with one attached hydrogen (secondary N) is 1. The summed E-state index contributed by atoms with van der Waals surface area (Å²) in [5.74, 6) is 0.446. The molecule has 0 atom stereocenters. The van der Waals surface area contributed by atoms with Gasteiger partial charge in [-0.3, -0.25) is 0 Å². The molecule has 0 heterocycles. The number of halogens is 1. The third-order valence-corrected chi connectivity index (χ3v) is 2.50. The van der Waals surface area contributed by atoms with Crippen LogP contribution in [0.4, 0.5) is 0 Å². The first-order valence-electron chi connectivity index (χ1n) is 6.45. The van der Waals surface area contributed by atoms with E-state index in [1.54, 1.807) is 0 Å². The van der Waals surface area contributed by atoms with Crippen molar-refractivity contribution in [2.75, 3.05) is 13.2 Å². The van der Waals surface area contributed by atoms with E-state index in [0.29, 0.717) is 25.7 Å². The van der Waals surface area contributed by atoms with Crippen molar-refractivity contribution in [3.8, 4) is 0 Å². The van der Waals surface area contributed by atoms with Gasteiger partial charge in [0, 0.05) is 13.2 Å². The van der Waals surface area contributed by atoms with Crippen molar-refractivity contribution in [1.82, 2.24) is 5.32 Å². The Morgan fingerprint density at radius 2 is 1.90 bits per heavy atom. The van der Waals surface area contributed by atoms with Crippen molar-refractivity contribution in [3.63, 3.8) is 0 Å². The van der Waals surface area contributed by atoms with Gasteiger partial charge in [0.1, 0.15) is 0 Å². The number of benzene rings is 1. The molecule has 0 aromatic heterocycles. The molecular weight excluding hydrogens is 365 g/mol. The third kappa shape index (κ3) is 8.16. The molecule has 0 saturated heterocycles. The summed E-state index contributed by atoms with van der Waals surface area (Å²) in [5.41, 5.74) is 9.06. The standard InChI is InChI=1S/C15H23N3O.HI/c1-4-19-11-14-7-5-13(6-8-14)10-18-15(16)17-9-12(2)3;/h5-8H,2,4,9-11H2,1,3H3,(H3,16,17,18);1H. The number of rotatable bonds is 7. The molecule has 0 amide bonds. The summed E-state index contributed by atoms with van der Waals surface area (Å²) in [5, 5.41) is 3.00. The fourth-order valence-electron chi connectivity index (χ4n) is 1.43. The Morgan fingerprint density at radius 1 is 1.30 bits per heavy atom. The van der Waals surface area contributed by atoms with Crippen LogP contribution in [-0.2, 0) is 17.9 Å². The molecule has 4 nitrogen and oxygen atoms in total. The molecule has 0 aliphatic rings. The van der Waals surface area contributed by atoms with E-state index in [0.717, 1.165) is 17.7 Å². The highest BCUT2D eigenvalue weighted by Gasteiger charge is 1.96. The van der Waals surface area contributed by atoms with Gasteiger partial charge in [0.25, 0.3) is 0 Å². The molecule has 0 unspecified atom stereocenters. The second-order valence-electron chi connectivity index (χ2n) is 4.47. The fourth-order valence-corrected chi connectivity index (χ4v) is 1.43. The molecule has 0 radical (unpaired) electrons. The van der Waals surface area contributed by atoms with E-state index in [2.05, 4.69) is 29.0 Å². The summed E-state index contributed by atoms with van der Waals surface area (Å²) < 4.78 is 5.35. The lowest BCUT2D eigenvalue weighted by molar-refractivity contribution is 0.134. The van der Waals surface area contributed by atoms with Crippen LogP contribution in [-0.4, -0.2) is 19.1 Å². The van der Waals surface area contributed by atoms with Crippen LogP contribution >= 0.6 is 24.0 Å². The highest BCUT2D eigenvalue weighted by atomic mass is 127. The van der Waals surface area contributed by atoms with Crippen molar-refractivity contribution in [2.24, 2.45) is 10.7 Å². The van der Waals surface area contributed by atoms with E-state index in [-0.39, 0.29) is 24.0 Å². The van der Waals surface area contributed by atoms with Crippen LogP contribution in [0.5, 0.6) is 0 Å². The smallest absolute Gasteiger partial charge is 0.189 e. The van der Waals surface area contributed by atoms with Gasteiger partial charge >= 0.3 is 0 Å². The number of hydrogen-bond donors (Lipinski definition) is 2. The van der Waals surface area contributed by atoms with E-state index in [4.69, 9.17) is 10.5 Å². The van der Waals surface area contributed by atoms with Gasteiger partial charge in [-0.1, -0.05) is 36.4 Å². The van der Waals surface area contributed by atoms with Crippen LogP contribution in [0.15, 0.2) is 41.4 Å². The highest BCUT2D eigenvalue weighted by molar-refractivity contribution is 14.0. The van der Waals surface area contributed by atoms with E-state index in [9.17, 15) is 0 Å². The second kappa shape index (κ2) is 10.7. The Balaban J connectivity index is 0.00000361. The summed E-state index contributed by atoms with van der Waals surface area (Å²) >= 11 is 0. The minimum absolute atomic E-state index is 0. The summed E-state index contributed by atoms with van der Waals surface area (Å²) in [4.78, 5) is 4.27. The number of ether oxygens (including phenoxy) is 1. The van der Waals surface area contributed by atoms with Crippen molar-refractivity contribution in [3.05, 3.63) is 47.5 Å². The van der Waals surface area contributed by atoms with Gasteiger partial charge in [-0.2, -0.15) is 0 Å². The lowest BCUT2D eigenvalue weighted by Gasteiger charge is -2.05. The monoisotopic (exact) mass is 389 g/mol. The minimum atomic E-state index is 0. The molecule has 20 heavy (non-hydrogen) atoms. The van der Waals surface area contributed by atoms with Gasteiger partial charge in [0.2, 0.25) is 0 Å². The Kier molecular flexibility index (Phi) is 10.1. The Labute approximate surface area is 138 Å². The summed E-state index contributed by atoms with van der Waals surface area (Å²) in [6, 6.07) is 8.20. The van der Waals surface area contributed by atoms with Crippen LogP contribution in [0.2, 0.25) is 0 Å². The molecule has 0 aliphatic heterocycles. The summed E-state index contributed by atoms with van der Waals surface area (Å²) in [6.45, 7) is 10.3. The van der Waals surface area contributed by atoms with Crippen molar-refractivity contribution < 1.29 is 4.74 Å². The normalized spacial score (nSPS) is 10.8. The molecule has 0 fully saturated rings. The number of guanidine groups is 1. The first-order chi connectivity index (χ1) is 9.11. The van der Waals surface area contributed by atoms with Crippen molar-refractivity contribution in [2.45, 2.75) is 27.0 Å². The predicted octanol–water partition coefficient (Wildman–Crippen LogP) is 2.82. The number of hydrogen-bond acceptors (Lipinski definition) is 2. The van der Waals surface area contributed by atoms with Gasteiger partial charge in [-0.15, -0.1) is 24.0 Å². The summed E-state index contributed by atoms with van der Waals surface area (Å²) in [7, 11) is 0. The molecule has 112 valence electrons. The minimum Gasteiger partial charge on any atom is -0.377 e. The zero-order valence-corrected chi connectivity index (χ0v) is 14.5. The maximum Gasteiger partial charge on any atom is 0.189 e. The van der Waals surface area contributed by atoms with Crippen LogP contribution < -0.4 is 11.1 Å². The largest absolute Gasteiger partial charge is 0.377 e. The van der Waals surface area contributed by atoms with Crippen LogP contribution in [0, 0.1) is 0 Å². The van der Waals surface area contributed by atoms with Gasteiger partial charge in [0.15, 0.2) is 5.96 Å². The van der Waals surface area contributed by atoms with E-state index >= 15 is 0 Å². The third-order valence-electron chi connectivity index (χ3n) is 2.50. The van der Waals surface area contributed by atoms with Crippen LogP contribution in [0.3, 0.4) is 0 Å². The zero-order valence-electron chi connectivity index (χ0n) is 12.2. The van der Waals surface area contributed by atoms with Crippen LogP contribution in [0.25, 0.3) is 0 Å². The molecule has 0 aliphatic carbocycles. The molecule has 1 aromatic carbocycles. The first kappa shape index (κ1) is 18.9. The van der Waals surface area contributed by atoms with E-state index in [1.165, 1.54) is 5.56 Å². The molecule has 3 N–H and O–H groups in total. The number of aliphatic imine (C=N–C) groups is 1. The lowest BCUT2D eigenvalue weighted by Crippen LogP contribution is -2.32. The van der Waals surface area contributed by atoms with E-state index < -0.39 is 0 Å². The molecule has 0 spiro atoms. The molecule has 1 aromatic rings. The van der Waals surface area contributed by atoms with Crippen molar-refractivity contribution in [1.29, 1.82) is 0 Å².